The summed E-state index contributed by atoms with van der Waals surface area (Å²) in [7, 11) is 0. The summed E-state index contributed by atoms with van der Waals surface area (Å²) in [6.45, 7) is 6.39. The van der Waals surface area contributed by atoms with Crippen LogP contribution in [0.1, 0.15) is 37.6 Å². The van der Waals surface area contributed by atoms with Gasteiger partial charge < -0.3 is 4.90 Å². The number of pyridine rings is 2. The minimum Gasteiger partial charge on any atom is -0.372 e. The first-order chi connectivity index (χ1) is 14.8. The van der Waals surface area contributed by atoms with Crippen molar-refractivity contribution in [2.45, 2.75) is 26.3 Å². The van der Waals surface area contributed by atoms with Crippen molar-refractivity contribution in [2.24, 2.45) is 5.10 Å². The second kappa shape index (κ2) is 9.35. The summed E-state index contributed by atoms with van der Waals surface area (Å²) in [5, 5.41) is 6.83. The molecule has 1 unspecified atom stereocenters. The van der Waals surface area contributed by atoms with Crippen LogP contribution in [0.15, 0.2) is 84.2 Å². The van der Waals surface area contributed by atoms with Gasteiger partial charge in [0.2, 0.25) is 0 Å². The van der Waals surface area contributed by atoms with Crippen LogP contribution in [0.5, 0.6) is 0 Å². The van der Waals surface area contributed by atoms with Crippen molar-refractivity contribution < 1.29 is 0 Å². The fraction of sp³-hybridized carbons (Fsp3) is 0.240. The Bertz CT molecular complexity index is 993. The molecule has 0 aliphatic carbocycles. The maximum atomic E-state index is 4.86. The van der Waals surface area contributed by atoms with Crippen LogP contribution in [0.4, 0.5) is 11.5 Å². The van der Waals surface area contributed by atoms with Crippen LogP contribution in [-0.2, 0) is 0 Å². The average molecular weight is 398 g/mol. The predicted octanol–water partition coefficient (Wildman–Crippen LogP) is 5.34. The molecule has 5 heteroatoms. The Labute approximate surface area is 178 Å². The molecule has 2 aromatic heterocycles. The number of hydrazone groups is 1. The molecule has 0 radical (unpaired) electrons. The fourth-order valence-corrected chi connectivity index (χ4v) is 3.72. The van der Waals surface area contributed by atoms with E-state index in [0.29, 0.717) is 0 Å². The number of hydrogen-bond acceptors (Lipinski definition) is 5. The molecule has 1 aliphatic rings. The van der Waals surface area contributed by atoms with Gasteiger partial charge in [0.05, 0.1) is 11.4 Å². The second-order valence-electron chi connectivity index (χ2n) is 7.20. The highest BCUT2D eigenvalue weighted by molar-refractivity contribution is 6.01. The zero-order chi connectivity index (χ0) is 20.8. The van der Waals surface area contributed by atoms with Gasteiger partial charge >= 0.3 is 0 Å². The molecule has 1 atom stereocenters. The van der Waals surface area contributed by atoms with Crippen molar-refractivity contribution in [1.82, 2.24) is 9.97 Å². The molecule has 0 amide bonds. The highest BCUT2D eigenvalue weighted by Gasteiger charge is 2.29. The van der Waals surface area contributed by atoms with Crippen LogP contribution in [0.2, 0.25) is 0 Å². The molecule has 0 saturated carbocycles. The zero-order valence-corrected chi connectivity index (χ0v) is 17.5. The van der Waals surface area contributed by atoms with E-state index in [1.165, 1.54) is 11.3 Å². The van der Waals surface area contributed by atoms with Gasteiger partial charge in [0.25, 0.3) is 0 Å². The van der Waals surface area contributed by atoms with E-state index in [-0.39, 0.29) is 6.04 Å². The third-order valence-corrected chi connectivity index (χ3v) is 5.34. The van der Waals surface area contributed by atoms with Crippen LogP contribution < -0.4 is 9.91 Å². The van der Waals surface area contributed by atoms with Crippen molar-refractivity contribution in [3.8, 4) is 0 Å². The highest BCUT2D eigenvalue weighted by Crippen LogP contribution is 2.33. The molecule has 1 aromatic carbocycles. The molecule has 0 fully saturated rings. The lowest BCUT2D eigenvalue weighted by molar-refractivity contribution is 0.677. The molecule has 3 heterocycles. The molecule has 0 spiro atoms. The molecule has 4 rings (SSSR count). The van der Waals surface area contributed by atoms with Crippen LogP contribution in [0.3, 0.4) is 0 Å². The molecule has 3 aromatic rings. The number of nitrogens with zero attached hydrogens (tertiary/aromatic N) is 5. The maximum absolute atomic E-state index is 4.86. The Morgan fingerprint density at radius 3 is 2.27 bits per heavy atom. The minimum absolute atomic E-state index is 0.0470. The first kappa shape index (κ1) is 19.8. The summed E-state index contributed by atoms with van der Waals surface area (Å²) in [5.74, 6) is 0.833. The van der Waals surface area contributed by atoms with Crippen molar-refractivity contribution in [3.05, 3.63) is 90.4 Å². The third kappa shape index (κ3) is 4.40. The molecule has 0 saturated heterocycles. The summed E-state index contributed by atoms with van der Waals surface area (Å²) in [4.78, 5) is 11.4. The summed E-state index contributed by atoms with van der Waals surface area (Å²) in [6, 6.07) is 20.6. The van der Waals surface area contributed by atoms with Gasteiger partial charge in [-0.15, -0.1) is 0 Å². The van der Waals surface area contributed by atoms with Gasteiger partial charge in [-0.25, -0.2) is 9.99 Å². The van der Waals surface area contributed by atoms with Crippen molar-refractivity contribution in [2.75, 3.05) is 23.0 Å². The molecule has 5 nitrogen and oxygen atoms in total. The topological polar surface area (TPSA) is 44.6 Å². The van der Waals surface area contributed by atoms with Crippen molar-refractivity contribution >= 4 is 23.3 Å². The van der Waals surface area contributed by atoms with Crippen LogP contribution in [-0.4, -0.2) is 28.8 Å². The van der Waals surface area contributed by atoms with Gasteiger partial charge in [-0.05, 0) is 61.9 Å². The summed E-state index contributed by atoms with van der Waals surface area (Å²) in [5.41, 5.74) is 4.44. The van der Waals surface area contributed by atoms with E-state index in [9.17, 15) is 0 Å². The average Bonchev–Trinajstić information content (AvgIpc) is 3.25. The number of rotatable bonds is 7. The Balaban J connectivity index is 1.55. The van der Waals surface area contributed by atoms with E-state index in [1.54, 1.807) is 6.20 Å². The molecule has 1 aliphatic heterocycles. The Hall–Kier alpha value is -3.47. The Kier molecular flexibility index (Phi) is 6.18. The van der Waals surface area contributed by atoms with Crippen molar-refractivity contribution in [3.63, 3.8) is 0 Å². The molecule has 30 heavy (non-hydrogen) atoms. The minimum atomic E-state index is 0.0470. The van der Waals surface area contributed by atoms with E-state index in [0.717, 1.165) is 36.7 Å². The number of hydrogen-bond donors (Lipinski definition) is 0. The van der Waals surface area contributed by atoms with Crippen LogP contribution >= 0.6 is 0 Å². The largest absolute Gasteiger partial charge is 0.372 e. The third-order valence-electron chi connectivity index (χ3n) is 5.34. The molecule has 0 N–H and O–H groups in total. The standard InChI is InChI=1S/C25H27N5/c1-3-29(4-2)22-15-12-20(13-16-22)11-14-21-19-24(23-9-5-7-17-26-23)30(28-21)25-10-6-8-18-27-25/h5-18,24H,3-4,19H2,1-2H3. The van der Waals surface area contributed by atoms with Gasteiger partial charge in [0, 0.05) is 37.6 Å². The number of allylic oxidation sites excluding steroid dienone is 1. The molecule has 0 bridgehead atoms. The van der Waals surface area contributed by atoms with E-state index >= 15 is 0 Å². The van der Waals surface area contributed by atoms with Gasteiger partial charge in [-0.1, -0.05) is 30.3 Å². The Morgan fingerprint density at radius 1 is 0.900 bits per heavy atom. The number of aromatic nitrogens is 2. The lowest BCUT2D eigenvalue weighted by Gasteiger charge is -2.21. The first-order valence-electron chi connectivity index (χ1n) is 10.5. The summed E-state index contributed by atoms with van der Waals surface area (Å²) >= 11 is 0. The second-order valence-corrected chi connectivity index (χ2v) is 7.20. The monoisotopic (exact) mass is 397 g/mol. The first-order valence-corrected chi connectivity index (χ1v) is 10.5. The summed E-state index contributed by atoms with van der Waals surface area (Å²) < 4.78 is 0. The van der Waals surface area contributed by atoms with Gasteiger partial charge in [-0.3, -0.25) is 4.98 Å². The molecular formula is C25H27N5. The number of benzene rings is 1. The van der Waals surface area contributed by atoms with E-state index in [2.05, 4.69) is 71.2 Å². The zero-order valence-electron chi connectivity index (χ0n) is 17.5. The highest BCUT2D eigenvalue weighted by atomic mass is 15.5. The van der Waals surface area contributed by atoms with Gasteiger partial charge in [0.15, 0.2) is 0 Å². The lowest BCUT2D eigenvalue weighted by Crippen LogP contribution is -2.21. The lowest BCUT2D eigenvalue weighted by atomic mass is 10.1. The van der Waals surface area contributed by atoms with Crippen molar-refractivity contribution in [1.29, 1.82) is 0 Å². The maximum Gasteiger partial charge on any atom is 0.149 e. The SMILES string of the molecule is CCN(CC)c1ccc(C=CC2=NN(c3ccccn3)C(c3ccccn3)C2)cc1. The summed E-state index contributed by atoms with van der Waals surface area (Å²) in [6.07, 6.45) is 8.65. The normalized spacial score (nSPS) is 16.1. The van der Waals surface area contributed by atoms with Gasteiger partial charge in [0.1, 0.15) is 11.9 Å². The van der Waals surface area contributed by atoms with Crippen LogP contribution in [0.25, 0.3) is 6.08 Å². The van der Waals surface area contributed by atoms with E-state index < -0.39 is 0 Å². The quantitative estimate of drug-likeness (QED) is 0.539. The fourth-order valence-electron chi connectivity index (χ4n) is 3.72. The predicted molar refractivity (Wildman–Crippen MR) is 125 cm³/mol. The van der Waals surface area contributed by atoms with E-state index in [4.69, 9.17) is 5.10 Å². The molecular weight excluding hydrogens is 370 g/mol. The molecule has 152 valence electrons. The smallest absolute Gasteiger partial charge is 0.149 e. The Morgan fingerprint density at radius 2 is 1.63 bits per heavy atom. The van der Waals surface area contributed by atoms with E-state index in [1.807, 2.05) is 41.5 Å². The van der Waals surface area contributed by atoms with Gasteiger partial charge in [-0.2, -0.15) is 5.10 Å². The van der Waals surface area contributed by atoms with Crippen LogP contribution in [0, 0.1) is 0 Å². The number of anilines is 2.